The lowest BCUT2D eigenvalue weighted by molar-refractivity contribution is -0.144. The molecule has 194 valence electrons. The molecule has 4 aliphatic rings. The fourth-order valence-electron chi connectivity index (χ4n) is 7.34. The molecule has 1 spiro atoms. The van der Waals surface area contributed by atoms with Crippen molar-refractivity contribution in [3.63, 3.8) is 0 Å². The molecule has 37 heavy (non-hydrogen) atoms. The molecule has 2 aliphatic carbocycles. The summed E-state index contributed by atoms with van der Waals surface area (Å²) in [4.78, 5) is 29.5. The fraction of sp³-hybridized carbons (Fsp3) is 0.483. The van der Waals surface area contributed by atoms with Gasteiger partial charge in [-0.3, -0.25) is 9.78 Å². The Bertz CT molecular complexity index is 1250. The number of rotatable bonds is 4. The number of nitrogens with zero attached hydrogens (tertiary/aromatic N) is 1. The van der Waals surface area contributed by atoms with Gasteiger partial charge in [-0.1, -0.05) is 18.2 Å². The summed E-state index contributed by atoms with van der Waals surface area (Å²) in [6, 6.07) is 10.4. The van der Waals surface area contributed by atoms with E-state index >= 15 is 0 Å². The molecule has 3 heterocycles. The Balaban J connectivity index is 1.25. The summed E-state index contributed by atoms with van der Waals surface area (Å²) in [5, 5.41) is 6.68. The van der Waals surface area contributed by atoms with Crippen LogP contribution in [-0.4, -0.2) is 41.3 Å². The Morgan fingerprint density at radius 2 is 2.14 bits per heavy atom. The number of fused-ring (bicyclic) bond motifs is 2. The number of cyclic esters (lactones) is 1. The third-order valence-corrected chi connectivity index (χ3v) is 8.89. The molecule has 1 aromatic carbocycles. The van der Waals surface area contributed by atoms with Crippen LogP contribution in [0, 0.1) is 29.5 Å². The predicted molar refractivity (Wildman–Crippen MR) is 135 cm³/mol. The molecule has 1 amide bonds. The molecule has 1 aromatic heterocycles. The van der Waals surface area contributed by atoms with Gasteiger partial charge in [0.15, 0.2) is 0 Å². The SMILES string of the molecule is CCOC(=O)N[C@H]1CC[C@H]2[C@@H](C1)C[C@@H]1C(=O)O[C@H](C)[C@@]13N/C(=C\c1ccc(-c4cccc(F)c4)cn1)[C@@H]23. The second kappa shape index (κ2) is 9.15. The van der Waals surface area contributed by atoms with E-state index < -0.39 is 0 Å². The predicted octanol–water partition coefficient (Wildman–Crippen LogP) is 4.68. The first-order chi connectivity index (χ1) is 17.9. The van der Waals surface area contributed by atoms with Crippen molar-refractivity contribution >= 4 is 18.1 Å². The Morgan fingerprint density at radius 3 is 2.89 bits per heavy atom. The third kappa shape index (κ3) is 3.97. The number of alkyl carbamates (subject to hydrolysis) is 1. The normalized spacial score (nSPS) is 34.8. The Labute approximate surface area is 215 Å². The number of carbonyl (C=O) groups excluding carboxylic acids is 2. The number of benzene rings is 1. The van der Waals surface area contributed by atoms with Crippen LogP contribution in [0.4, 0.5) is 9.18 Å². The minimum atomic E-state index is -0.382. The lowest BCUT2D eigenvalue weighted by atomic mass is 9.49. The van der Waals surface area contributed by atoms with Gasteiger partial charge in [-0.2, -0.15) is 0 Å². The van der Waals surface area contributed by atoms with Crippen LogP contribution in [0.5, 0.6) is 0 Å². The van der Waals surface area contributed by atoms with E-state index in [9.17, 15) is 14.0 Å². The minimum Gasteiger partial charge on any atom is -0.460 e. The number of halogens is 1. The van der Waals surface area contributed by atoms with E-state index in [2.05, 4.69) is 21.7 Å². The van der Waals surface area contributed by atoms with Crippen LogP contribution in [-0.2, 0) is 14.3 Å². The molecule has 0 radical (unpaired) electrons. The van der Waals surface area contributed by atoms with Crippen molar-refractivity contribution in [2.75, 3.05) is 6.61 Å². The third-order valence-electron chi connectivity index (χ3n) is 8.89. The van der Waals surface area contributed by atoms with Crippen LogP contribution < -0.4 is 10.6 Å². The highest BCUT2D eigenvalue weighted by Crippen LogP contribution is 2.61. The lowest BCUT2D eigenvalue weighted by Crippen LogP contribution is -2.75. The second-order valence-electron chi connectivity index (χ2n) is 10.8. The van der Waals surface area contributed by atoms with Crippen molar-refractivity contribution in [2.45, 2.75) is 57.2 Å². The number of aromatic nitrogens is 1. The minimum absolute atomic E-state index is 0.0557. The van der Waals surface area contributed by atoms with Crippen molar-refractivity contribution in [1.29, 1.82) is 0 Å². The number of ether oxygens (including phenoxy) is 2. The maximum atomic E-state index is 13.6. The molecular weight excluding hydrogens is 473 g/mol. The first-order valence-electron chi connectivity index (χ1n) is 13.2. The number of hydrogen-bond acceptors (Lipinski definition) is 6. The molecule has 2 aliphatic heterocycles. The smallest absolute Gasteiger partial charge is 0.407 e. The summed E-state index contributed by atoms with van der Waals surface area (Å²) in [5.41, 5.74) is 3.16. The molecule has 4 fully saturated rings. The topological polar surface area (TPSA) is 89.5 Å². The first kappa shape index (κ1) is 23.9. The lowest BCUT2D eigenvalue weighted by Gasteiger charge is -2.63. The van der Waals surface area contributed by atoms with Crippen molar-refractivity contribution in [1.82, 2.24) is 15.6 Å². The van der Waals surface area contributed by atoms with Crippen molar-refractivity contribution in [3.05, 3.63) is 59.8 Å². The summed E-state index contributed by atoms with van der Waals surface area (Å²) >= 11 is 0. The number of hydrogen-bond donors (Lipinski definition) is 2. The summed E-state index contributed by atoms with van der Waals surface area (Å²) in [7, 11) is 0. The van der Waals surface area contributed by atoms with Gasteiger partial charge in [0.2, 0.25) is 0 Å². The van der Waals surface area contributed by atoms with Gasteiger partial charge in [-0.05, 0) is 81.2 Å². The quantitative estimate of drug-likeness (QED) is 0.587. The van der Waals surface area contributed by atoms with Gasteiger partial charge in [-0.25, -0.2) is 9.18 Å². The molecule has 2 aromatic rings. The largest absolute Gasteiger partial charge is 0.460 e. The first-order valence-corrected chi connectivity index (χ1v) is 13.2. The molecule has 7 nitrogen and oxygen atoms in total. The standard InChI is InChI=1S/C29H32FN3O4/c1-3-36-28(35)32-22-9-10-23-19(12-22)13-24-27(34)37-16(2)29(24)26(23)25(33-29)14-21-8-7-18(15-31-21)17-5-4-6-20(30)11-17/h4-8,11,14-16,19,22-24,26,33H,3,9-10,12-13H2,1-2H3,(H,32,35)/b25-14-/t16-,19+,22+,23+,24-,26-,29-/m1/s1. The highest BCUT2D eigenvalue weighted by atomic mass is 19.1. The molecular formula is C29H32FN3O4. The van der Waals surface area contributed by atoms with Crippen LogP contribution in [0.15, 0.2) is 48.3 Å². The van der Waals surface area contributed by atoms with Crippen LogP contribution >= 0.6 is 0 Å². The highest BCUT2D eigenvalue weighted by molar-refractivity contribution is 5.79. The maximum Gasteiger partial charge on any atom is 0.407 e. The fourth-order valence-corrected chi connectivity index (χ4v) is 7.34. The van der Waals surface area contributed by atoms with E-state index in [0.717, 1.165) is 48.2 Å². The van der Waals surface area contributed by atoms with E-state index in [1.807, 2.05) is 25.1 Å². The summed E-state index contributed by atoms with van der Waals surface area (Å²) < 4.78 is 24.5. The van der Waals surface area contributed by atoms with Gasteiger partial charge in [0.05, 0.1) is 23.8 Å². The summed E-state index contributed by atoms with van der Waals surface area (Å²) in [5.74, 6) is 0.286. The van der Waals surface area contributed by atoms with Gasteiger partial charge in [-0.15, -0.1) is 0 Å². The van der Waals surface area contributed by atoms with E-state index in [-0.39, 0.29) is 47.4 Å². The van der Waals surface area contributed by atoms with Crippen molar-refractivity contribution < 1.29 is 23.5 Å². The number of carbonyl (C=O) groups is 2. The molecule has 2 N–H and O–H groups in total. The number of pyridine rings is 1. The van der Waals surface area contributed by atoms with Crippen molar-refractivity contribution in [2.24, 2.45) is 23.7 Å². The Hall–Kier alpha value is -3.42. The molecule has 8 heteroatoms. The number of esters is 1. The molecule has 0 unspecified atom stereocenters. The molecule has 0 bridgehead atoms. The van der Waals surface area contributed by atoms with E-state index in [1.165, 1.54) is 12.1 Å². The van der Waals surface area contributed by atoms with Crippen LogP contribution in [0.25, 0.3) is 17.2 Å². The number of amides is 1. The van der Waals surface area contributed by atoms with Gasteiger partial charge in [0.1, 0.15) is 11.9 Å². The van der Waals surface area contributed by atoms with E-state index in [4.69, 9.17) is 9.47 Å². The second-order valence-corrected chi connectivity index (χ2v) is 10.8. The summed E-state index contributed by atoms with van der Waals surface area (Å²) in [6.45, 7) is 4.14. The van der Waals surface area contributed by atoms with Gasteiger partial charge in [0.25, 0.3) is 0 Å². The van der Waals surface area contributed by atoms with Crippen molar-refractivity contribution in [3.8, 4) is 11.1 Å². The molecule has 2 saturated heterocycles. The molecule has 7 atom stereocenters. The zero-order valence-corrected chi connectivity index (χ0v) is 21.1. The van der Waals surface area contributed by atoms with Crippen LogP contribution in [0.1, 0.15) is 45.2 Å². The zero-order chi connectivity index (χ0) is 25.7. The van der Waals surface area contributed by atoms with E-state index in [0.29, 0.717) is 18.4 Å². The molecule has 6 rings (SSSR count). The van der Waals surface area contributed by atoms with Gasteiger partial charge < -0.3 is 20.1 Å². The van der Waals surface area contributed by atoms with Gasteiger partial charge in [0, 0.05) is 29.4 Å². The number of nitrogens with one attached hydrogen (secondary N) is 2. The zero-order valence-electron chi connectivity index (χ0n) is 21.1. The maximum absolute atomic E-state index is 13.6. The Kier molecular flexibility index (Phi) is 5.92. The van der Waals surface area contributed by atoms with Crippen LogP contribution in [0.2, 0.25) is 0 Å². The van der Waals surface area contributed by atoms with Gasteiger partial charge >= 0.3 is 12.1 Å². The van der Waals surface area contributed by atoms with E-state index in [1.54, 1.807) is 19.2 Å². The summed E-state index contributed by atoms with van der Waals surface area (Å²) in [6.07, 6.45) is 6.72. The average Bonchev–Trinajstić information content (AvgIpc) is 3.12. The average molecular weight is 506 g/mol. The monoisotopic (exact) mass is 505 g/mol. The molecule has 2 saturated carbocycles. The Morgan fingerprint density at radius 1 is 1.27 bits per heavy atom. The van der Waals surface area contributed by atoms with Crippen LogP contribution in [0.3, 0.4) is 0 Å². The highest BCUT2D eigenvalue weighted by Gasteiger charge is 2.71.